The summed E-state index contributed by atoms with van der Waals surface area (Å²) in [7, 11) is 0. The maximum Gasteiger partial charge on any atom is 0.402 e. The van der Waals surface area contributed by atoms with Crippen LogP contribution in [0.1, 0.15) is 49.5 Å². The van der Waals surface area contributed by atoms with Crippen LogP contribution in [0.5, 0.6) is 0 Å². The molecule has 1 rings (SSSR count). The van der Waals surface area contributed by atoms with Crippen LogP contribution in [0.3, 0.4) is 0 Å². The quantitative estimate of drug-likeness (QED) is 0.602. The van der Waals surface area contributed by atoms with Gasteiger partial charge in [0.25, 0.3) is 5.91 Å². The number of hydrogen-bond acceptors (Lipinski definition) is 4. The number of nitro groups is 1. The summed E-state index contributed by atoms with van der Waals surface area (Å²) in [6.07, 6.45) is 3.96. The molecule has 1 aromatic heterocycles. The largest absolute Gasteiger partial charge is 0.402 e. The number of carbonyl (C=O) groups excluding carboxylic acids is 1. The predicted molar refractivity (Wildman–Crippen MR) is 61.6 cm³/mol. The Morgan fingerprint density at radius 3 is 2.65 bits per heavy atom. The van der Waals surface area contributed by atoms with E-state index >= 15 is 0 Å². The predicted octanol–water partition coefficient (Wildman–Crippen LogP) is 1.64. The summed E-state index contributed by atoms with van der Waals surface area (Å²) in [5, 5.41) is 14.6. The van der Waals surface area contributed by atoms with Crippen LogP contribution in [0.4, 0.5) is 5.82 Å². The fourth-order valence-electron chi connectivity index (χ4n) is 1.73. The molecule has 0 saturated carbocycles. The van der Waals surface area contributed by atoms with E-state index in [4.69, 9.17) is 5.73 Å². The van der Waals surface area contributed by atoms with Crippen LogP contribution in [0.2, 0.25) is 0 Å². The second-order valence-electron chi connectivity index (χ2n) is 3.82. The third-order valence-corrected chi connectivity index (χ3v) is 2.62. The zero-order valence-corrected chi connectivity index (χ0v) is 9.92. The molecule has 1 atom stereocenters. The van der Waals surface area contributed by atoms with E-state index < -0.39 is 16.6 Å². The van der Waals surface area contributed by atoms with Crippen LogP contribution in [0.25, 0.3) is 0 Å². The van der Waals surface area contributed by atoms with Gasteiger partial charge in [0, 0.05) is 0 Å². The van der Waals surface area contributed by atoms with Crippen molar-refractivity contribution >= 4 is 11.7 Å². The summed E-state index contributed by atoms with van der Waals surface area (Å²) in [6.45, 7) is 3.99. The van der Waals surface area contributed by atoms with E-state index in [1.807, 2.05) is 13.8 Å². The molecule has 0 radical (unpaired) electrons. The van der Waals surface area contributed by atoms with E-state index in [0.717, 1.165) is 19.3 Å². The molecule has 17 heavy (non-hydrogen) atoms. The van der Waals surface area contributed by atoms with E-state index in [9.17, 15) is 14.9 Å². The number of hydrogen-bond donors (Lipinski definition) is 1. The first kappa shape index (κ1) is 13.1. The lowest BCUT2D eigenvalue weighted by Gasteiger charge is -2.09. The average Bonchev–Trinajstić information content (AvgIpc) is 2.70. The van der Waals surface area contributed by atoms with Crippen molar-refractivity contribution in [2.24, 2.45) is 5.73 Å². The molecule has 0 aliphatic carbocycles. The molecule has 1 aromatic rings. The normalized spacial score (nSPS) is 12.4. The zero-order valence-electron chi connectivity index (χ0n) is 9.92. The fourth-order valence-corrected chi connectivity index (χ4v) is 1.73. The summed E-state index contributed by atoms with van der Waals surface area (Å²) in [5.41, 5.74) is 4.95. The smallest absolute Gasteiger partial charge is 0.365 e. The highest BCUT2D eigenvalue weighted by atomic mass is 16.6. The molecule has 0 aromatic carbocycles. The number of nitrogens with zero attached hydrogens (tertiary/aromatic N) is 3. The fraction of sp³-hybridized carbons (Fsp3) is 0.600. The molecule has 0 saturated heterocycles. The minimum atomic E-state index is -0.825. The van der Waals surface area contributed by atoms with Crippen molar-refractivity contribution in [1.29, 1.82) is 0 Å². The van der Waals surface area contributed by atoms with Crippen LogP contribution in [-0.4, -0.2) is 20.6 Å². The Morgan fingerprint density at radius 2 is 2.29 bits per heavy atom. The minimum absolute atomic E-state index is 0.0619. The molecule has 0 aliphatic heterocycles. The molecule has 0 aliphatic rings. The van der Waals surface area contributed by atoms with Crippen LogP contribution in [0.15, 0.2) is 6.20 Å². The molecule has 1 heterocycles. The second-order valence-corrected chi connectivity index (χ2v) is 3.82. The van der Waals surface area contributed by atoms with Gasteiger partial charge in [-0.15, -0.1) is 0 Å². The lowest BCUT2D eigenvalue weighted by molar-refractivity contribution is -0.390. The number of aromatic nitrogens is 2. The zero-order chi connectivity index (χ0) is 13.0. The summed E-state index contributed by atoms with van der Waals surface area (Å²) in [4.78, 5) is 21.1. The summed E-state index contributed by atoms with van der Waals surface area (Å²) in [5.74, 6) is -1.29. The van der Waals surface area contributed by atoms with Crippen molar-refractivity contribution in [3.63, 3.8) is 0 Å². The van der Waals surface area contributed by atoms with Crippen molar-refractivity contribution in [2.45, 2.75) is 39.2 Å². The molecular weight excluding hydrogens is 224 g/mol. The molecule has 0 spiro atoms. The van der Waals surface area contributed by atoms with E-state index in [0.29, 0.717) is 0 Å². The lowest BCUT2D eigenvalue weighted by Crippen LogP contribution is -2.12. The number of carbonyl (C=O) groups is 1. The van der Waals surface area contributed by atoms with Gasteiger partial charge in [-0.05, 0) is 17.8 Å². The number of amides is 1. The third-order valence-electron chi connectivity index (χ3n) is 2.62. The highest BCUT2D eigenvalue weighted by Crippen LogP contribution is 2.22. The molecule has 2 N–H and O–H groups in total. The van der Waals surface area contributed by atoms with E-state index in [1.54, 1.807) is 0 Å². The van der Waals surface area contributed by atoms with Crippen molar-refractivity contribution in [3.8, 4) is 0 Å². The van der Waals surface area contributed by atoms with Crippen molar-refractivity contribution in [3.05, 3.63) is 21.9 Å². The summed E-state index contributed by atoms with van der Waals surface area (Å²) < 4.78 is 1.47. The number of rotatable bonds is 6. The van der Waals surface area contributed by atoms with Crippen LogP contribution in [-0.2, 0) is 0 Å². The summed E-state index contributed by atoms with van der Waals surface area (Å²) in [6, 6.07) is 0.0619. The SMILES string of the molecule is CCCC(CC)n1cc(C(N)=O)c([N+](=O)[O-])n1. The van der Waals surface area contributed by atoms with E-state index in [2.05, 4.69) is 5.10 Å². The van der Waals surface area contributed by atoms with Gasteiger partial charge in [-0.25, -0.2) is 0 Å². The van der Waals surface area contributed by atoms with Gasteiger partial charge < -0.3 is 15.8 Å². The number of nitrogens with two attached hydrogens (primary N) is 1. The van der Waals surface area contributed by atoms with Gasteiger partial charge in [-0.3, -0.25) is 4.79 Å². The highest BCUT2D eigenvalue weighted by Gasteiger charge is 2.27. The second kappa shape index (κ2) is 5.42. The molecule has 0 fully saturated rings. The van der Waals surface area contributed by atoms with E-state index in [1.165, 1.54) is 10.9 Å². The molecular formula is C10H16N4O3. The van der Waals surface area contributed by atoms with E-state index in [-0.39, 0.29) is 11.6 Å². The first-order chi connectivity index (χ1) is 8.01. The van der Waals surface area contributed by atoms with Crippen LogP contribution in [0, 0.1) is 10.1 Å². The molecule has 1 amide bonds. The standard InChI is InChI=1S/C10H16N4O3/c1-3-5-7(4-2)13-6-8(9(11)15)10(12-13)14(16)17/h6-7H,3-5H2,1-2H3,(H2,11,15). The van der Waals surface area contributed by atoms with Crippen LogP contribution < -0.4 is 5.73 Å². The Hall–Kier alpha value is -1.92. The summed E-state index contributed by atoms with van der Waals surface area (Å²) >= 11 is 0. The van der Waals surface area contributed by atoms with Crippen molar-refractivity contribution in [1.82, 2.24) is 9.78 Å². The molecule has 0 bridgehead atoms. The monoisotopic (exact) mass is 240 g/mol. The van der Waals surface area contributed by atoms with Gasteiger partial charge in [0.15, 0.2) is 5.56 Å². The topological polar surface area (TPSA) is 104 Å². The third kappa shape index (κ3) is 2.80. The molecule has 7 heteroatoms. The Morgan fingerprint density at radius 1 is 1.65 bits per heavy atom. The van der Waals surface area contributed by atoms with Crippen molar-refractivity contribution < 1.29 is 9.72 Å². The lowest BCUT2D eigenvalue weighted by atomic mass is 10.1. The Balaban J connectivity index is 3.14. The molecule has 7 nitrogen and oxygen atoms in total. The van der Waals surface area contributed by atoms with Gasteiger partial charge in [-0.1, -0.05) is 20.3 Å². The highest BCUT2D eigenvalue weighted by molar-refractivity contribution is 5.95. The maximum atomic E-state index is 11.1. The van der Waals surface area contributed by atoms with Crippen molar-refractivity contribution in [2.75, 3.05) is 0 Å². The molecule has 94 valence electrons. The Labute approximate surface area is 98.7 Å². The maximum absolute atomic E-state index is 11.1. The van der Waals surface area contributed by atoms with Gasteiger partial charge in [0.05, 0.1) is 17.3 Å². The Kier molecular flexibility index (Phi) is 4.19. The first-order valence-electron chi connectivity index (χ1n) is 5.54. The first-order valence-corrected chi connectivity index (χ1v) is 5.54. The van der Waals surface area contributed by atoms with Gasteiger partial charge in [0.2, 0.25) is 0 Å². The molecule has 1 unspecified atom stereocenters. The average molecular weight is 240 g/mol. The van der Waals surface area contributed by atoms with Crippen LogP contribution >= 0.6 is 0 Å². The van der Waals surface area contributed by atoms with Gasteiger partial charge in [0.1, 0.15) is 0 Å². The van der Waals surface area contributed by atoms with Gasteiger partial charge >= 0.3 is 5.82 Å². The number of primary amides is 1. The van der Waals surface area contributed by atoms with Gasteiger partial charge in [-0.2, -0.15) is 4.68 Å². The minimum Gasteiger partial charge on any atom is -0.365 e. The Bertz CT molecular complexity index is 396.